The number of rotatable bonds is 4. The Balaban J connectivity index is 2.11. The Hall–Kier alpha value is -1.24. The molecule has 102 valence electrons. The molecule has 1 aromatic heterocycles. The molecule has 0 aliphatic carbocycles. The van der Waals surface area contributed by atoms with Gasteiger partial charge in [0.2, 0.25) is 10.0 Å². The summed E-state index contributed by atoms with van der Waals surface area (Å²) in [5.41, 5.74) is 1.99. The van der Waals surface area contributed by atoms with Gasteiger partial charge in [-0.05, 0) is 32.9 Å². The van der Waals surface area contributed by atoms with E-state index in [9.17, 15) is 8.42 Å². The second-order valence-electron chi connectivity index (χ2n) is 4.39. The van der Waals surface area contributed by atoms with Crippen LogP contribution in [0.1, 0.15) is 21.1 Å². The number of benzene rings is 1. The summed E-state index contributed by atoms with van der Waals surface area (Å²) < 4.78 is 26.7. The van der Waals surface area contributed by atoms with Gasteiger partial charge in [-0.15, -0.1) is 11.3 Å². The van der Waals surface area contributed by atoms with Crippen molar-refractivity contribution in [3.05, 3.63) is 45.4 Å². The van der Waals surface area contributed by atoms with E-state index in [2.05, 4.69) is 9.71 Å². The van der Waals surface area contributed by atoms with Crippen LogP contribution in [0, 0.1) is 20.8 Å². The van der Waals surface area contributed by atoms with Crippen molar-refractivity contribution in [2.75, 3.05) is 0 Å². The van der Waals surface area contributed by atoms with Gasteiger partial charge in [0.1, 0.15) is 5.01 Å². The van der Waals surface area contributed by atoms with Gasteiger partial charge in [-0.1, -0.05) is 17.7 Å². The third-order valence-corrected chi connectivity index (χ3v) is 5.31. The first-order valence-electron chi connectivity index (χ1n) is 5.88. The second kappa shape index (κ2) is 5.40. The molecular weight excluding hydrogens is 280 g/mol. The van der Waals surface area contributed by atoms with Crippen molar-refractivity contribution < 1.29 is 8.42 Å². The van der Waals surface area contributed by atoms with Crippen LogP contribution >= 0.6 is 11.3 Å². The van der Waals surface area contributed by atoms with Gasteiger partial charge in [0, 0.05) is 4.88 Å². The van der Waals surface area contributed by atoms with E-state index < -0.39 is 10.0 Å². The van der Waals surface area contributed by atoms with Crippen molar-refractivity contribution >= 4 is 21.4 Å². The molecule has 0 aliphatic heterocycles. The smallest absolute Gasteiger partial charge is 0.240 e. The lowest BCUT2D eigenvalue weighted by Gasteiger charge is -2.05. The van der Waals surface area contributed by atoms with Gasteiger partial charge in [0.25, 0.3) is 0 Å². The van der Waals surface area contributed by atoms with E-state index in [1.807, 2.05) is 20.8 Å². The highest BCUT2D eigenvalue weighted by Gasteiger charge is 2.14. The summed E-state index contributed by atoms with van der Waals surface area (Å²) in [5, 5.41) is 0.783. The standard InChI is InChI=1S/C13H16N2O2S2/c1-9-4-6-12(7-5-9)19(16,17)14-8-13-15-10(2)11(3)18-13/h4-7,14H,8H2,1-3H3. The lowest BCUT2D eigenvalue weighted by Crippen LogP contribution is -2.23. The highest BCUT2D eigenvalue weighted by atomic mass is 32.2. The fourth-order valence-electron chi connectivity index (χ4n) is 1.57. The number of nitrogens with one attached hydrogen (secondary N) is 1. The van der Waals surface area contributed by atoms with Crippen LogP contribution in [0.3, 0.4) is 0 Å². The summed E-state index contributed by atoms with van der Waals surface area (Å²) in [6.45, 7) is 6.05. The second-order valence-corrected chi connectivity index (χ2v) is 7.44. The number of sulfonamides is 1. The zero-order valence-corrected chi connectivity index (χ0v) is 12.7. The molecule has 0 unspecified atom stereocenters. The molecule has 2 rings (SSSR count). The molecule has 0 saturated heterocycles. The fraction of sp³-hybridized carbons (Fsp3) is 0.308. The summed E-state index contributed by atoms with van der Waals surface area (Å²) in [5.74, 6) is 0. The van der Waals surface area contributed by atoms with E-state index in [0.717, 1.165) is 21.1 Å². The zero-order chi connectivity index (χ0) is 14.0. The van der Waals surface area contributed by atoms with Gasteiger partial charge < -0.3 is 0 Å². The average Bonchev–Trinajstić information content (AvgIpc) is 2.67. The predicted octanol–water partition coefficient (Wildman–Crippen LogP) is 2.55. The SMILES string of the molecule is Cc1ccc(S(=O)(=O)NCc2nc(C)c(C)s2)cc1. The molecule has 1 heterocycles. The van der Waals surface area contributed by atoms with E-state index in [4.69, 9.17) is 0 Å². The Morgan fingerprint density at radius 2 is 1.79 bits per heavy atom. The normalized spacial score (nSPS) is 11.7. The molecule has 1 N–H and O–H groups in total. The summed E-state index contributed by atoms with van der Waals surface area (Å²) in [4.78, 5) is 5.71. The van der Waals surface area contributed by atoms with Crippen LogP contribution in [0.4, 0.5) is 0 Å². The first kappa shape index (κ1) is 14.2. The van der Waals surface area contributed by atoms with Crippen molar-refractivity contribution in [3.8, 4) is 0 Å². The maximum absolute atomic E-state index is 12.1. The molecule has 2 aromatic rings. The molecule has 0 spiro atoms. The minimum Gasteiger partial charge on any atom is -0.245 e. The van der Waals surface area contributed by atoms with Gasteiger partial charge in [0.15, 0.2) is 0 Å². The van der Waals surface area contributed by atoms with E-state index in [1.54, 1.807) is 24.3 Å². The largest absolute Gasteiger partial charge is 0.245 e. The van der Waals surface area contributed by atoms with Crippen LogP contribution in [0.15, 0.2) is 29.2 Å². The Kier molecular flexibility index (Phi) is 4.03. The molecule has 0 bridgehead atoms. The molecular formula is C13H16N2O2S2. The van der Waals surface area contributed by atoms with Crippen molar-refractivity contribution in [2.45, 2.75) is 32.2 Å². The lowest BCUT2D eigenvalue weighted by molar-refractivity contribution is 0.581. The molecule has 0 atom stereocenters. The molecule has 0 fully saturated rings. The molecule has 0 saturated carbocycles. The number of thiazole rings is 1. The molecule has 4 nitrogen and oxygen atoms in total. The quantitative estimate of drug-likeness (QED) is 0.943. The monoisotopic (exact) mass is 296 g/mol. The van der Waals surface area contributed by atoms with Crippen LogP contribution in [0.25, 0.3) is 0 Å². The highest BCUT2D eigenvalue weighted by molar-refractivity contribution is 7.89. The molecule has 1 aromatic carbocycles. The zero-order valence-electron chi connectivity index (χ0n) is 11.1. The van der Waals surface area contributed by atoms with E-state index in [0.29, 0.717) is 0 Å². The first-order chi connectivity index (χ1) is 8.88. The van der Waals surface area contributed by atoms with Gasteiger partial charge in [-0.3, -0.25) is 0 Å². The number of nitrogens with zero attached hydrogens (tertiary/aromatic N) is 1. The summed E-state index contributed by atoms with van der Waals surface area (Å²) in [7, 11) is -3.46. The van der Waals surface area contributed by atoms with Crippen molar-refractivity contribution in [1.82, 2.24) is 9.71 Å². The third-order valence-electron chi connectivity index (χ3n) is 2.82. The highest BCUT2D eigenvalue weighted by Crippen LogP contribution is 2.17. The number of aromatic nitrogens is 1. The number of hydrogen-bond acceptors (Lipinski definition) is 4. The topological polar surface area (TPSA) is 59.1 Å². The van der Waals surface area contributed by atoms with Crippen molar-refractivity contribution in [1.29, 1.82) is 0 Å². The van der Waals surface area contributed by atoms with E-state index in [1.165, 1.54) is 11.3 Å². The molecule has 0 radical (unpaired) electrons. The average molecular weight is 296 g/mol. The van der Waals surface area contributed by atoms with Gasteiger partial charge in [-0.2, -0.15) is 0 Å². The fourth-order valence-corrected chi connectivity index (χ4v) is 3.53. The minimum atomic E-state index is -3.46. The third kappa shape index (κ3) is 3.40. The van der Waals surface area contributed by atoms with Crippen molar-refractivity contribution in [2.24, 2.45) is 0 Å². The van der Waals surface area contributed by atoms with Crippen LogP contribution in [0.2, 0.25) is 0 Å². The van der Waals surface area contributed by atoms with E-state index >= 15 is 0 Å². The molecule has 0 aliphatic rings. The van der Waals surface area contributed by atoms with Crippen molar-refractivity contribution in [3.63, 3.8) is 0 Å². The van der Waals surface area contributed by atoms with Crippen LogP contribution in [0.5, 0.6) is 0 Å². The van der Waals surface area contributed by atoms with Crippen LogP contribution in [-0.4, -0.2) is 13.4 Å². The Morgan fingerprint density at radius 1 is 1.16 bits per heavy atom. The maximum atomic E-state index is 12.1. The van der Waals surface area contributed by atoms with E-state index in [-0.39, 0.29) is 11.4 Å². The number of hydrogen-bond donors (Lipinski definition) is 1. The van der Waals surface area contributed by atoms with Crippen LogP contribution in [-0.2, 0) is 16.6 Å². The summed E-state index contributed by atoms with van der Waals surface area (Å²) in [6.07, 6.45) is 0. The Bertz CT molecular complexity index is 654. The van der Waals surface area contributed by atoms with Gasteiger partial charge in [0.05, 0.1) is 17.1 Å². The molecule has 6 heteroatoms. The minimum absolute atomic E-state index is 0.232. The first-order valence-corrected chi connectivity index (χ1v) is 8.18. The molecule has 19 heavy (non-hydrogen) atoms. The van der Waals surface area contributed by atoms with Crippen LogP contribution < -0.4 is 4.72 Å². The summed E-state index contributed by atoms with van der Waals surface area (Å²) >= 11 is 1.51. The number of aryl methyl sites for hydroxylation is 3. The Morgan fingerprint density at radius 3 is 2.32 bits per heavy atom. The predicted molar refractivity (Wildman–Crippen MR) is 76.8 cm³/mol. The van der Waals surface area contributed by atoms with Gasteiger partial charge in [-0.25, -0.2) is 18.1 Å². The van der Waals surface area contributed by atoms with Gasteiger partial charge >= 0.3 is 0 Å². The lowest BCUT2D eigenvalue weighted by atomic mass is 10.2. The maximum Gasteiger partial charge on any atom is 0.240 e. The molecule has 0 amide bonds. The Labute approximate surface area is 117 Å². The summed E-state index contributed by atoms with van der Waals surface area (Å²) in [6, 6.07) is 6.78.